The molecule has 74 valence electrons. The van der Waals surface area contributed by atoms with Gasteiger partial charge in [-0.1, -0.05) is 0 Å². The molecule has 0 radical (unpaired) electrons. The number of carboxylic acids is 2. The van der Waals surface area contributed by atoms with Gasteiger partial charge in [-0.3, -0.25) is 9.59 Å². The van der Waals surface area contributed by atoms with E-state index in [0.29, 0.717) is 25.9 Å². The molecule has 0 saturated carbocycles. The Morgan fingerprint density at radius 3 is 1.69 bits per heavy atom. The first kappa shape index (κ1) is 9.98. The van der Waals surface area contributed by atoms with Crippen molar-refractivity contribution in [1.82, 2.24) is 5.32 Å². The summed E-state index contributed by atoms with van der Waals surface area (Å²) in [5.41, 5.74) is 0. The number of aliphatic carboxylic acids is 2. The zero-order valence-corrected chi connectivity index (χ0v) is 7.19. The molecule has 0 bridgehead atoms. The lowest BCUT2D eigenvalue weighted by molar-refractivity contribution is -0.153. The van der Waals surface area contributed by atoms with Gasteiger partial charge in [0.15, 0.2) is 0 Å². The number of carboxylic acid groups (broad SMARTS) is 2. The predicted molar refractivity (Wildman–Crippen MR) is 44.4 cm³/mol. The fraction of sp³-hybridized carbons (Fsp3) is 0.750. The Morgan fingerprint density at radius 1 is 1.00 bits per heavy atom. The summed E-state index contributed by atoms with van der Waals surface area (Å²) in [6, 6.07) is 0. The molecule has 1 aliphatic heterocycles. The molecular formula is C8H13NO4. The molecule has 1 rings (SSSR count). The van der Waals surface area contributed by atoms with Gasteiger partial charge in [-0.2, -0.15) is 0 Å². The van der Waals surface area contributed by atoms with Gasteiger partial charge >= 0.3 is 11.9 Å². The first-order chi connectivity index (χ1) is 6.13. The molecule has 0 spiro atoms. The summed E-state index contributed by atoms with van der Waals surface area (Å²) in [5, 5.41) is 20.6. The molecule has 1 heterocycles. The summed E-state index contributed by atoms with van der Waals surface area (Å²) in [4.78, 5) is 21.5. The van der Waals surface area contributed by atoms with E-state index >= 15 is 0 Å². The SMILES string of the molecule is O=C(O)[C@H]1CCNCC[C@H]1C(=O)O. The van der Waals surface area contributed by atoms with Gasteiger partial charge in [0.2, 0.25) is 0 Å². The summed E-state index contributed by atoms with van der Waals surface area (Å²) in [6.45, 7) is 1.17. The standard InChI is InChI=1S/C8H13NO4/c10-7(11)5-1-3-9-4-2-6(5)8(12)13/h5-6,9H,1-4H2,(H,10,11)(H,12,13)/t5-,6+. The second kappa shape index (κ2) is 4.23. The van der Waals surface area contributed by atoms with Crippen molar-refractivity contribution in [2.75, 3.05) is 13.1 Å². The zero-order valence-electron chi connectivity index (χ0n) is 7.19. The number of nitrogens with one attached hydrogen (secondary N) is 1. The lowest BCUT2D eigenvalue weighted by atomic mass is 9.88. The van der Waals surface area contributed by atoms with Gasteiger partial charge in [0.05, 0.1) is 11.8 Å². The Balaban J connectivity index is 2.72. The molecule has 5 heteroatoms. The number of rotatable bonds is 2. The van der Waals surface area contributed by atoms with Crippen molar-refractivity contribution in [3.05, 3.63) is 0 Å². The van der Waals surface area contributed by atoms with Crippen LogP contribution in [0.1, 0.15) is 12.8 Å². The number of carbonyl (C=O) groups is 2. The molecule has 0 aromatic heterocycles. The maximum Gasteiger partial charge on any atom is 0.307 e. The van der Waals surface area contributed by atoms with Crippen LogP contribution in [0.4, 0.5) is 0 Å². The average molecular weight is 187 g/mol. The van der Waals surface area contributed by atoms with Crippen LogP contribution in [0.15, 0.2) is 0 Å². The highest BCUT2D eigenvalue weighted by Crippen LogP contribution is 2.21. The van der Waals surface area contributed by atoms with Crippen LogP contribution in [0.5, 0.6) is 0 Å². The molecule has 1 aliphatic rings. The highest BCUT2D eigenvalue weighted by Gasteiger charge is 2.34. The van der Waals surface area contributed by atoms with E-state index in [1.54, 1.807) is 0 Å². The monoisotopic (exact) mass is 187 g/mol. The molecule has 3 N–H and O–H groups in total. The van der Waals surface area contributed by atoms with Crippen molar-refractivity contribution in [1.29, 1.82) is 0 Å². The molecular weight excluding hydrogens is 174 g/mol. The largest absolute Gasteiger partial charge is 0.481 e. The van der Waals surface area contributed by atoms with Crippen molar-refractivity contribution < 1.29 is 19.8 Å². The molecule has 2 atom stereocenters. The van der Waals surface area contributed by atoms with Gasteiger partial charge in [0.1, 0.15) is 0 Å². The van der Waals surface area contributed by atoms with E-state index in [-0.39, 0.29) is 0 Å². The van der Waals surface area contributed by atoms with E-state index in [2.05, 4.69) is 5.32 Å². The summed E-state index contributed by atoms with van der Waals surface area (Å²) in [5.74, 6) is -3.49. The molecule has 1 fully saturated rings. The van der Waals surface area contributed by atoms with Crippen molar-refractivity contribution in [2.45, 2.75) is 12.8 Å². The van der Waals surface area contributed by atoms with Crippen LogP contribution in [-0.4, -0.2) is 35.2 Å². The normalized spacial score (nSPS) is 29.2. The topological polar surface area (TPSA) is 86.6 Å². The Labute approximate surface area is 75.7 Å². The number of hydrogen-bond acceptors (Lipinski definition) is 3. The Hall–Kier alpha value is -1.10. The maximum absolute atomic E-state index is 10.7. The van der Waals surface area contributed by atoms with Crippen LogP contribution >= 0.6 is 0 Å². The molecule has 0 aromatic carbocycles. The summed E-state index contributed by atoms with van der Waals surface area (Å²) >= 11 is 0. The van der Waals surface area contributed by atoms with Crippen LogP contribution in [0.25, 0.3) is 0 Å². The van der Waals surface area contributed by atoms with Crippen LogP contribution < -0.4 is 5.32 Å². The molecule has 0 aliphatic carbocycles. The van der Waals surface area contributed by atoms with Crippen molar-refractivity contribution >= 4 is 11.9 Å². The van der Waals surface area contributed by atoms with E-state index in [4.69, 9.17) is 10.2 Å². The quantitative estimate of drug-likeness (QED) is 0.556. The summed E-state index contributed by atoms with van der Waals surface area (Å²) in [7, 11) is 0. The maximum atomic E-state index is 10.7. The second-order valence-electron chi connectivity index (χ2n) is 3.22. The van der Waals surface area contributed by atoms with E-state index in [1.807, 2.05) is 0 Å². The lowest BCUT2D eigenvalue weighted by Crippen LogP contribution is -2.29. The molecule has 0 aromatic rings. The lowest BCUT2D eigenvalue weighted by Gasteiger charge is -2.15. The summed E-state index contributed by atoms with van der Waals surface area (Å²) < 4.78 is 0. The van der Waals surface area contributed by atoms with Gasteiger partial charge in [-0.15, -0.1) is 0 Å². The van der Waals surface area contributed by atoms with Crippen LogP contribution in [0.2, 0.25) is 0 Å². The molecule has 0 unspecified atom stereocenters. The second-order valence-corrected chi connectivity index (χ2v) is 3.22. The smallest absolute Gasteiger partial charge is 0.307 e. The van der Waals surface area contributed by atoms with Gasteiger partial charge in [-0.25, -0.2) is 0 Å². The Morgan fingerprint density at radius 2 is 1.38 bits per heavy atom. The average Bonchev–Trinajstić information content (AvgIpc) is 2.27. The van der Waals surface area contributed by atoms with Gasteiger partial charge < -0.3 is 15.5 Å². The zero-order chi connectivity index (χ0) is 9.84. The Kier molecular flexibility index (Phi) is 3.25. The minimum absolute atomic E-state index is 0.395. The molecule has 13 heavy (non-hydrogen) atoms. The summed E-state index contributed by atoms with van der Waals surface area (Å²) in [6.07, 6.45) is 0.790. The first-order valence-electron chi connectivity index (χ1n) is 4.29. The van der Waals surface area contributed by atoms with Gasteiger partial charge in [0.25, 0.3) is 0 Å². The third-order valence-corrected chi connectivity index (χ3v) is 2.38. The van der Waals surface area contributed by atoms with Gasteiger partial charge in [0, 0.05) is 0 Å². The third kappa shape index (κ3) is 2.42. The molecule has 0 amide bonds. The van der Waals surface area contributed by atoms with E-state index < -0.39 is 23.8 Å². The fourth-order valence-electron chi connectivity index (χ4n) is 1.63. The van der Waals surface area contributed by atoms with Crippen LogP contribution in [0.3, 0.4) is 0 Å². The van der Waals surface area contributed by atoms with Crippen LogP contribution in [-0.2, 0) is 9.59 Å². The van der Waals surface area contributed by atoms with E-state index in [0.717, 1.165) is 0 Å². The number of hydrogen-bond donors (Lipinski definition) is 3. The van der Waals surface area contributed by atoms with Crippen molar-refractivity contribution in [3.8, 4) is 0 Å². The highest BCUT2D eigenvalue weighted by molar-refractivity contribution is 5.80. The molecule has 5 nitrogen and oxygen atoms in total. The van der Waals surface area contributed by atoms with Gasteiger partial charge in [-0.05, 0) is 25.9 Å². The van der Waals surface area contributed by atoms with Crippen molar-refractivity contribution in [3.63, 3.8) is 0 Å². The fourth-order valence-corrected chi connectivity index (χ4v) is 1.63. The minimum atomic E-state index is -1.00. The Bertz CT molecular complexity index is 194. The minimum Gasteiger partial charge on any atom is -0.481 e. The van der Waals surface area contributed by atoms with Crippen molar-refractivity contribution in [2.24, 2.45) is 11.8 Å². The third-order valence-electron chi connectivity index (χ3n) is 2.38. The van der Waals surface area contributed by atoms with Crippen LogP contribution in [0, 0.1) is 11.8 Å². The van der Waals surface area contributed by atoms with E-state index in [9.17, 15) is 9.59 Å². The predicted octanol–water partition coefficient (Wildman–Crippen LogP) is -0.229. The first-order valence-corrected chi connectivity index (χ1v) is 4.29. The highest BCUT2D eigenvalue weighted by atomic mass is 16.4. The molecule has 1 saturated heterocycles. The van der Waals surface area contributed by atoms with E-state index in [1.165, 1.54) is 0 Å².